The maximum atomic E-state index is 11.4. The van der Waals surface area contributed by atoms with Crippen molar-refractivity contribution in [3.8, 4) is 0 Å². The number of aromatic nitrogens is 4. The molecular formula is C9H11N5O. The number of hydrogen-bond acceptors (Lipinski definition) is 3. The SMILES string of the molecule is O=C(NCCc1ccn[nH]1)c1cn[nH]c1. The smallest absolute Gasteiger partial charge is 0.254 e. The second kappa shape index (κ2) is 4.41. The minimum absolute atomic E-state index is 0.122. The zero-order valence-electron chi connectivity index (χ0n) is 8.03. The predicted molar refractivity (Wildman–Crippen MR) is 53.2 cm³/mol. The number of H-pyrrole nitrogens is 2. The van der Waals surface area contributed by atoms with E-state index in [-0.39, 0.29) is 5.91 Å². The number of nitrogens with one attached hydrogen (secondary N) is 3. The van der Waals surface area contributed by atoms with Gasteiger partial charge in [0.15, 0.2) is 0 Å². The number of carbonyl (C=O) groups excluding carboxylic acids is 1. The summed E-state index contributed by atoms with van der Waals surface area (Å²) in [6, 6.07) is 1.88. The summed E-state index contributed by atoms with van der Waals surface area (Å²) in [5, 5.41) is 15.7. The molecule has 0 radical (unpaired) electrons. The molecule has 1 amide bonds. The molecule has 0 saturated heterocycles. The minimum atomic E-state index is -0.122. The standard InChI is InChI=1S/C9H11N5O/c15-9(7-5-12-13-6-7)10-3-1-8-2-4-11-14-8/h2,4-6H,1,3H2,(H,10,15)(H,11,14)(H,12,13). The topological polar surface area (TPSA) is 86.5 Å². The molecule has 0 bridgehead atoms. The summed E-state index contributed by atoms with van der Waals surface area (Å²) in [5.74, 6) is -0.122. The van der Waals surface area contributed by atoms with Gasteiger partial charge in [-0.2, -0.15) is 10.2 Å². The molecule has 78 valence electrons. The van der Waals surface area contributed by atoms with Crippen LogP contribution in [0.15, 0.2) is 24.7 Å². The van der Waals surface area contributed by atoms with Crippen molar-refractivity contribution in [2.75, 3.05) is 6.54 Å². The number of rotatable bonds is 4. The molecule has 0 aromatic carbocycles. The van der Waals surface area contributed by atoms with Gasteiger partial charge in [-0.3, -0.25) is 15.0 Å². The third kappa shape index (κ3) is 2.43. The van der Waals surface area contributed by atoms with Crippen LogP contribution in [0.5, 0.6) is 0 Å². The summed E-state index contributed by atoms with van der Waals surface area (Å²) in [6.45, 7) is 0.576. The molecule has 2 rings (SSSR count). The average molecular weight is 205 g/mol. The number of hydrogen-bond donors (Lipinski definition) is 3. The first-order valence-corrected chi connectivity index (χ1v) is 4.61. The summed E-state index contributed by atoms with van der Waals surface area (Å²) in [4.78, 5) is 11.4. The lowest BCUT2D eigenvalue weighted by atomic mass is 10.3. The lowest BCUT2D eigenvalue weighted by Gasteiger charge is -2.01. The van der Waals surface area contributed by atoms with Gasteiger partial charge in [-0.05, 0) is 6.07 Å². The Balaban J connectivity index is 1.77. The van der Waals surface area contributed by atoms with Crippen molar-refractivity contribution in [2.24, 2.45) is 0 Å². The summed E-state index contributed by atoms with van der Waals surface area (Å²) in [6.07, 6.45) is 5.48. The normalized spacial score (nSPS) is 10.1. The number of nitrogens with zero attached hydrogens (tertiary/aromatic N) is 2. The van der Waals surface area contributed by atoms with Crippen LogP contribution in [0.1, 0.15) is 16.1 Å². The van der Waals surface area contributed by atoms with Crippen LogP contribution >= 0.6 is 0 Å². The highest BCUT2D eigenvalue weighted by Crippen LogP contribution is 1.94. The third-order valence-electron chi connectivity index (χ3n) is 2.00. The van der Waals surface area contributed by atoms with Crippen molar-refractivity contribution in [1.29, 1.82) is 0 Å². The van der Waals surface area contributed by atoms with Gasteiger partial charge in [0.05, 0.1) is 11.8 Å². The Bertz CT molecular complexity index is 406. The molecule has 0 atom stereocenters. The summed E-state index contributed by atoms with van der Waals surface area (Å²) < 4.78 is 0. The molecule has 0 aliphatic heterocycles. The fourth-order valence-electron chi connectivity index (χ4n) is 1.21. The Morgan fingerprint density at radius 2 is 2.40 bits per heavy atom. The van der Waals surface area contributed by atoms with E-state index in [1.807, 2.05) is 6.07 Å². The molecule has 6 heteroatoms. The van der Waals surface area contributed by atoms with Gasteiger partial charge in [-0.15, -0.1) is 0 Å². The van der Waals surface area contributed by atoms with Crippen molar-refractivity contribution >= 4 is 5.91 Å². The molecule has 2 aromatic heterocycles. The number of amides is 1. The van der Waals surface area contributed by atoms with Gasteiger partial charge in [-0.1, -0.05) is 0 Å². The van der Waals surface area contributed by atoms with Gasteiger partial charge >= 0.3 is 0 Å². The number of aromatic amines is 2. The third-order valence-corrected chi connectivity index (χ3v) is 2.00. The van der Waals surface area contributed by atoms with Crippen LogP contribution in [0.3, 0.4) is 0 Å². The van der Waals surface area contributed by atoms with E-state index in [0.29, 0.717) is 12.1 Å². The summed E-state index contributed by atoms with van der Waals surface area (Å²) >= 11 is 0. The number of carbonyl (C=O) groups is 1. The second-order valence-electron chi connectivity index (χ2n) is 3.07. The molecule has 0 unspecified atom stereocenters. The molecule has 0 aliphatic carbocycles. The Labute approximate surface area is 86.1 Å². The molecule has 0 saturated carbocycles. The predicted octanol–water partition coefficient (Wildman–Crippen LogP) is 0.105. The van der Waals surface area contributed by atoms with Crippen molar-refractivity contribution < 1.29 is 4.79 Å². The van der Waals surface area contributed by atoms with Crippen LogP contribution in [0.2, 0.25) is 0 Å². The zero-order chi connectivity index (χ0) is 10.5. The van der Waals surface area contributed by atoms with Gasteiger partial charge in [0.2, 0.25) is 0 Å². The van der Waals surface area contributed by atoms with Crippen molar-refractivity contribution in [1.82, 2.24) is 25.7 Å². The van der Waals surface area contributed by atoms with Gasteiger partial charge < -0.3 is 5.32 Å². The molecule has 15 heavy (non-hydrogen) atoms. The van der Waals surface area contributed by atoms with E-state index in [2.05, 4.69) is 25.7 Å². The van der Waals surface area contributed by atoms with Crippen LogP contribution in [0.4, 0.5) is 0 Å². The fourth-order valence-corrected chi connectivity index (χ4v) is 1.21. The van der Waals surface area contributed by atoms with E-state index in [4.69, 9.17) is 0 Å². The summed E-state index contributed by atoms with van der Waals surface area (Å²) in [7, 11) is 0. The monoisotopic (exact) mass is 205 g/mol. The first-order valence-electron chi connectivity index (χ1n) is 4.61. The van der Waals surface area contributed by atoms with Crippen LogP contribution in [-0.2, 0) is 6.42 Å². The van der Waals surface area contributed by atoms with Gasteiger partial charge in [-0.25, -0.2) is 0 Å². The molecule has 0 spiro atoms. The van der Waals surface area contributed by atoms with E-state index in [9.17, 15) is 4.79 Å². The Hall–Kier alpha value is -2.11. The van der Waals surface area contributed by atoms with Crippen LogP contribution < -0.4 is 5.32 Å². The van der Waals surface area contributed by atoms with Crippen molar-refractivity contribution in [3.63, 3.8) is 0 Å². The van der Waals surface area contributed by atoms with Crippen LogP contribution in [0, 0.1) is 0 Å². The van der Waals surface area contributed by atoms with Gasteiger partial charge in [0.25, 0.3) is 5.91 Å². The van der Waals surface area contributed by atoms with Crippen molar-refractivity contribution in [2.45, 2.75) is 6.42 Å². The van der Waals surface area contributed by atoms with E-state index >= 15 is 0 Å². The van der Waals surface area contributed by atoms with E-state index < -0.39 is 0 Å². The maximum absolute atomic E-state index is 11.4. The van der Waals surface area contributed by atoms with E-state index in [0.717, 1.165) is 12.1 Å². The highest BCUT2D eigenvalue weighted by atomic mass is 16.1. The molecule has 0 fully saturated rings. The second-order valence-corrected chi connectivity index (χ2v) is 3.07. The molecular weight excluding hydrogens is 194 g/mol. The highest BCUT2D eigenvalue weighted by molar-refractivity contribution is 5.93. The van der Waals surface area contributed by atoms with E-state index in [1.54, 1.807) is 12.4 Å². The van der Waals surface area contributed by atoms with Crippen molar-refractivity contribution in [3.05, 3.63) is 35.9 Å². The molecule has 2 heterocycles. The van der Waals surface area contributed by atoms with E-state index in [1.165, 1.54) is 6.20 Å². The lowest BCUT2D eigenvalue weighted by Crippen LogP contribution is -2.25. The first-order chi connectivity index (χ1) is 7.36. The Morgan fingerprint density at radius 1 is 1.47 bits per heavy atom. The van der Waals surface area contributed by atoms with Crippen LogP contribution in [-0.4, -0.2) is 32.8 Å². The molecule has 3 N–H and O–H groups in total. The van der Waals surface area contributed by atoms with Gasteiger partial charge in [0, 0.05) is 31.1 Å². The average Bonchev–Trinajstić information content (AvgIpc) is 2.90. The lowest BCUT2D eigenvalue weighted by molar-refractivity contribution is 0.0954. The Kier molecular flexibility index (Phi) is 2.77. The molecule has 6 nitrogen and oxygen atoms in total. The fraction of sp³-hybridized carbons (Fsp3) is 0.222. The zero-order valence-corrected chi connectivity index (χ0v) is 8.03. The minimum Gasteiger partial charge on any atom is -0.352 e. The molecule has 0 aliphatic rings. The Morgan fingerprint density at radius 3 is 3.07 bits per heavy atom. The van der Waals surface area contributed by atoms with Crippen LogP contribution in [0.25, 0.3) is 0 Å². The maximum Gasteiger partial charge on any atom is 0.254 e. The quantitative estimate of drug-likeness (QED) is 0.661. The first kappa shape index (κ1) is 9.45. The summed E-state index contributed by atoms with van der Waals surface area (Å²) in [5.41, 5.74) is 1.54. The highest BCUT2D eigenvalue weighted by Gasteiger charge is 2.05. The largest absolute Gasteiger partial charge is 0.352 e. The van der Waals surface area contributed by atoms with Gasteiger partial charge in [0.1, 0.15) is 0 Å². The molecule has 2 aromatic rings.